The van der Waals surface area contributed by atoms with Gasteiger partial charge < -0.3 is 10.3 Å². The Kier molecular flexibility index (Phi) is 2.62. The quantitative estimate of drug-likeness (QED) is 0.756. The van der Waals surface area contributed by atoms with Crippen LogP contribution in [-0.4, -0.2) is 63.3 Å². The first kappa shape index (κ1) is 10.4. The van der Waals surface area contributed by atoms with E-state index in [0.717, 1.165) is 43.0 Å². The van der Waals surface area contributed by atoms with Crippen LogP contribution >= 0.6 is 0 Å². The minimum atomic E-state index is 0.761. The number of fused-ring (bicyclic) bond motifs is 1. The molecule has 3 rings (SSSR count). The van der Waals surface area contributed by atoms with E-state index in [1.807, 2.05) is 0 Å². The van der Waals surface area contributed by atoms with Gasteiger partial charge in [-0.15, -0.1) is 0 Å². The maximum atomic E-state index is 4.25. The molecule has 2 aromatic heterocycles. The number of nitrogens with zero attached hydrogens (tertiary/aromatic N) is 5. The number of nitrogens with one attached hydrogen (secondary N) is 2. The van der Waals surface area contributed by atoms with Crippen molar-refractivity contribution in [2.75, 3.05) is 38.7 Å². The Morgan fingerprint density at radius 2 is 2.06 bits per heavy atom. The van der Waals surface area contributed by atoms with Crippen molar-refractivity contribution in [1.29, 1.82) is 0 Å². The van der Waals surface area contributed by atoms with E-state index in [0.29, 0.717) is 0 Å². The van der Waals surface area contributed by atoms with Crippen molar-refractivity contribution in [3.05, 3.63) is 12.5 Å². The first-order valence-corrected chi connectivity index (χ1v) is 5.67. The topological polar surface area (TPSA) is 73.0 Å². The number of anilines is 1. The van der Waals surface area contributed by atoms with E-state index in [4.69, 9.17) is 0 Å². The van der Waals surface area contributed by atoms with Crippen molar-refractivity contribution in [1.82, 2.24) is 30.1 Å². The van der Waals surface area contributed by atoms with Crippen molar-refractivity contribution in [3.8, 4) is 0 Å². The van der Waals surface area contributed by atoms with E-state index in [1.54, 1.807) is 12.5 Å². The van der Waals surface area contributed by atoms with Crippen molar-refractivity contribution in [2.45, 2.75) is 0 Å². The number of H-pyrrole nitrogens is 1. The van der Waals surface area contributed by atoms with E-state index in [1.165, 1.54) is 0 Å². The third-order valence-electron chi connectivity index (χ3n) is 3.02. The highest BCUT2D eigenvalue weighted by Gasteiger charge is 2.15. The summed E-state index contributed by atoms with van der Waals surface area (Å²) in [5.74, 6) is 0.813. The molecular weight excluding hydrogens is 218 g/mol. The second-order valence-electron chi connectivity index (χ2n) is 4.26. The Hall–Kier alpha value is -1.73. The zero-order valence-corrected chi connectivity index (χ0v) is 9.72. The fraction of sp³-hybridized carbons (Fsp3) is 0.500. The smallest absolute Gasteiger partial charge is 0.160 e. The molecule has 7 heteroatoms. The van der Waals surface area contributed by atoms with Crippen LogP contribution in [0.15, 0.2) is 12.5 Å². The van der Waals surface area contributed by atoms with E-state index in [2.05, 4.69) is 42.5 Å². The molecule has 0 aliphatic carbocycles. The van der Waals surface area contributed by atoms with Crippen LogP contribution in [0.25, 0.3) is 11.0 Å². The predicted octanol–water partition coefficient (Wildman–Crippen LogP) is -0.0728. The van der Waals surface area contributed by atoms with Gasteiger partial charge in [0, 0.05) is 26.2 Å². The molecule has 0 bridgehead atoms. The summed E-state index contributed by atoms with van der Waals surface area (Å²) in [5.41, 5.74) is 4.09. The van der Waals surface area contributed by atoms with Gasteiger partial charge in [0.2, 0.25) is 0 Å². The predicted molar refractivity (Wildman–Crippen MR) is 64.4 cm³/mol. The van der Waals surface area contributed by atoms with Gasteiger partial charge in [-0.25, -0.2) is 15.0 Å². The molecule has 0 unspecified atom stereocenters. The molecule has 1 saturated heterocycles. The lowest BCUT2D eigenvalue weighted by atomic mass is 10.4. The summed E-state index contributed by atoms with van der Waals surface area (Å²) in [7, 11) is 2.14. The van der Waals surface area contributed by atoms with Gasteiger partial charge in [0.05, 0.1) is 11.6 Å². The first-order chi connectivity index (χ1) is 8.33. The minimum absolute atomic E-state index is 0.761. The van der Waals surface area contributed by atoms with Crippen LogP contribution in [0.3, 0.4) is 0 Å². The average molecular weight is 233 g/mol. The number of hydrogen-bond acceptors (Lipinski definition) is 6. The molecule has 90 valence electrons. The molecule has 0 amide bonds. The lowest BCUT2D eigenvalue weighted by Gasteiger charge is -2.32. The molecule has 1 fully saturated rings. The van der Waals surface area contributed by atoms with Gasteiger partial charge in [0.25, 0.3) is 0 Å². The minimum Gasteiger partial charge on any atom is -0.304 e. The number of aromatic amines is 1. The van der Waals surface area contributed by atoms with Gasteiger partial charge in [0.1, 0.15) is 6.33 Å². The summed E-state index contributed by atoms with van der Waals surface area (Å²) in [4.78, 5) is 10.7. The molecule has 0 radical (unpaired) electrons. The SMILES string of the molecule is CN1CCN(Nc2ncnc3[nH]ncc23)CC1. The van der Waals surface area contributed by atoms with Crippen molar-refractivity contribution < 1.29 is 0 Å². The van der Waals surface area contributed by atoms with Crippen LogP contribution in [0.1, 0.15) is 0 Å². The van der Waals surface area contributed by atoms with E-state index >= 15 is 0 Å². The first-order valence-electron chi connectivity index (χ1n) is 5.67. The molecule has 1 aliphatic heterocycles. The lowest BCUT2D eigenvalue weighted by Crippen LogP contribution is -2.47. The summed E-state index contributed by atoms with van der Waals surface area (Å²) in [6.45, 7) is 4.10. The molecule has 2 aromatic rings. The summed E-state index contributed by atoms with van der Waals surface area (Å²) in [6, 6.07) is 0. The second kappa shape index (κ2) is 4.27. The van der Waals surface area contributed by atoms with Crippen LogP contribution in [0.2, 0.25) is 0 Å². The molecular formula is C10H15N7. The normalized spacial score (nSPS) is 18.6. The average Bonchev–Trinajstić information content (AvgIpc) is 2.81. The molecule has 0 aromatic carbocycles. The molecule has 7 nitrogen and oxygen atoms in total. The van der Waals surface area contributed by atoms with E-state index in [-0.39, 0.29) is 0 Å². The van der Waals surface area contributed by atoms with E-state index in [9.17, 15) is 0 Å². The number of rotatable bonds is 2. The number of aromatic nitrogens is 4. The van der Waals surface area contributed by atoms with Crippen LogP contribution in [0.4, 0.5) is 5.82 Å². The van der Waals surface area contributed by atoms with E-state index < -0.39 is 0 Å². The third kappa shape index (κ3) is 2.06. The van der Waals surface area contributed by atoms with Gasteiger partial charge in [-0.2, -0.15) is 5.10 Å². The number of likely N-dealkylation sites (N-methyl/N-ethyl adjacent to an activating group) is 1. The zero-order chi connectivity index (χ0) is 11.7. The lowest BCUT2D eigenvalue weighted by molar-refractivity contribution is 0.178. The summed E-state index contributed by atoms with van der Waals surface area (Å²) < 4.78 is 0. The Morgan fingerprint density at radius 3 is 2.88 bits per heavy atom. The molecule has 0 atom stereocenters. The Balaban J connectivity index is 1.78. The van der Waals surface area contributed by atoms with Crippen LogP contribution in [-0.2, 0) is 0 Å². The van der Waals surface area contributed by atoms with Gasteiger partial charge in [-0.3, -0.25) is 5.10 Å². The van der Waals surface area contributed by atoms with Crippen LogP contribution in [0.5, 0.6) is 0 Å². The highest BCUT2D eigenvalue weighted by molar-refractivity contribution is 5.85. The molecule has 0 saturated carbocycles. The van der Waals surface area contributed by atoms with Crippen molar-refractivity contribution in [2.24, 2.45) is 0 Å². The number of hydrogen-bond donors (Lipinski definition) is 2. The van der Waals surface area contributed by atoms with Gasteiger partial charge in [-0.05, 0) is 7.05 Å². The highest BCUT2D eigenvalue weighted by Crippen LogP contribution is 2.16. The van der Waals surface area contributed by atoms with Gasteiger partial charge in [-0.1, -0.05) is 0 Å². The Labute approximate surface area is 98.8 Å². The largest absolute Gasteiger partial charge is 0.304 e. The zero-order valence-electron chi connectivity index (χ0n) is 9.72. The van der Waals surface area contributed by atoms with Gasteiger partial charge in [0.15, 0.2) is 11.5 Å². The fourth-order valence-electron chi connectivity index (χ4n) is 1.92. The maximum absolute atomic E-state index is 4.25. The van der Waals surface area contributed by atoms with Crippen molar-refractivity contribution in [3.63, 3.8) is 0 Å². The molecule has 17 heavy (non-hydrogen) atoms. The monoisotopic (exact) mass is 233 g/mol. The van der Waals surface area contributed by atoms with Crippen molar-refractivity contribution >= 4 is 16.9 Å². The molecule has 2 N–H and O–H groups in total. The highest BCUT2D eigenvalue weighted by atomic mass is 15.5. The molecule has 1 aliphatic rings. The number of hydrazine groups is 1. The van der Waals surface area contributed by atoms with Gasteiger partial charge >= 0.3 is 0 Å². The third-order valence-corrected chi connectivity index (χ3v) is 3.02. The summed E-state index contributed by atoms with van der Waals surface area (Å²) >= 11 is 0. The summed E-state index contributed by atoms with van der Waals surface area (Å²) in [6.07, 6.45) is 3.28. The molecule has 3 heterocycles. The second-order valence-corrected chi connectivity index (χ2v) is 4.26. The number of piperazine rings is 1. The Bertz CT molecular complexity index is 500. The Morgan fingerprint density at radius 1 is 1.24 bits per heavy atom. The maximum Gasteiger partial charge on any atom is 0.160 e. The van der Waals surface area contributed by atoms with Crippen LogP contribution in [0, 0.1) is 0 Å². The summed E-state index contributed by atoms with van der Waals surface area (Å²) in [5, 5.41) is 9.91. The van der Waals surface area contributed by atoms with Crippen LogP contribution < -0.4 is 5.43 Å². The molecule has 0 spiro atoms. The standard InChI is InChI=1S/C10H15N7/c1-16-2-4-17(5-3-16)15-10-8-6-13-14-9(8)11-7-12-10/h6-7H,2-5H2,1H3,(H2,11,12,13,14,15). The fourth-order valence-corrected chi connectivity index (χ4v) is 1.92.